The van der Waals surface area contributed by atoms with Crippen LogP contribution in [0.3, 0.4) is 0 Å². The van der Waals surface area contributed by atoms with Gasteiger partial charge in [0.1, 0.15) is 0 Å². The number of esters is 1. The lowest BCUT2D eigenvalue weighted by Gasteiger charge is -2.05. The van der Waals surface area contributed by atoms with Gasteiger partial charge in [0.25, 0.3) is 5.91 Å². The zero-order valence-electron chi connectivity index (χ0n) is 13.2. The van der Waals surface area contributed by atoms with Crippen molar-refractivity contribution in [3.05, 3.63) is 40.1 Å². The van der Waals surface area contributed by atoms with E-state index in [9.17, 15) is 14.0 Å². The van der Waals surface area contributed by atoms with Gasteiger partial charge in [-0.25, -0.2) is 9.18 Å². The second-order valence-electron chi connectivity index (χ2n) is 4.47. The van der Waals surface area contributed by atoms with Crippen molar-refractivity contribution < 1.29 is 23.5 Å². The minimum Gasteiger partial charge on any atom is -0.492 e. The van der Waals surface area contributed by atoms with Crippen LogP contribution in [0, 0.1) is 18.2 Å². The van der Waals surface area contributed by atoms with Crippen molar-refractivity contribution in [2.45, 2.75) is 0 Å². The maximum atomic E-state index is 13.9. The van der Waals surface area contributed by atoms with Gasteiger partial charge in [-0.05, 0) is 29.5 Å². The number of nitrogens with zero attached hydrogens (tertiary/aromatic N) is 2. The van der Waals surface area contributed by atoms with Gasteiger partial charge < -0.3 is 9.47 Å². The molecular weight excluding hydrogens is 349 g/mol. The van der Waals surface area contributed by atoms with Crippen LogP contribution in [0.2, 0.25) is 0 Å². The summed E-state index contributed by atoms with van der Waals surface area (Å²) in [5.74, 6) is 0.522. The highest BCUT2D eigenvalue weighted by Gasteiger charge is 2.25. The Morgan fingerprint density at radius 3 is 2.84 bits per heavy atom. The highest BCUT2D eigenvalue weighted by atomic mass is 32.2. The summed E-state index contributed by atoms with van der Waals surface area (Å²) in [5, 5.41) is 10.2. The third-order valence-corrected chi connectivity index (χ3v) is 3.78. The molecule has 1 N–H and O–H groups in total. The number of carbonyl (C=O) groups excluding carboxylic acids is 2. The lowest BCUT2D eigenvalue weighted by Crippen LogP contribution is -2.19. The van der Waals surface area contributed by atoms with Gasteiger partial charge in [0.05, 0.1) is 30.9 Å². The highest BCUT2D eigenvalue weighted by Crippen LogP contribution is 2.24. The van der Waals surface area contributed by atoms with E-state index in [4.69, 9.17) is 11.2 Å². The molecule has 128 valence electrons. The number of carbonyl (C=O) groups is 2. The smallest absolute Gasteiger partial charge is 0.331 e. The second kappa shape index (κ2) is 8.12. The SMILES string of the molecule is C#Cc1cc(C=N/N=C2/NC(=O)/C(=C\C(=O)OC)S2)cc(F)c1OC. The van der Waals surface area contributed by atoms with E-state index in [0.717, 1.165) is 17.8 Å². The summed E-state index contributed by atoms with van der Waals surface area (Å²) in [4.78, 5) is 22.9. The van der Waals surface area contributed by atoms with E-state index < -0.39 is 17.7 Å². The molecule has 0 atom stereocenters. The van der Waals surface area contributed by atoms with Gasteiger partial charge >= 0.3 is 5.97 Å². The molecule has 0 aliphatic carbocycles. The minimum atomic E-state index is -0.655. The Morgan fingerprint density at radius 1 is 1.44 bits per heavy atom. The first-order valence-electron chi connectivity index (χ1n) is 6.72. The molecule has 1 aliphatic heterocycles. The molecule has 1 amide bonds. The number of hydrogen-bond donors (Lipinski definition) is 1. The highest BCUT2D eigenvalue weighted by molar-refractivity contribution is 8.18. The number of rotatable bonds is 4. The third kappa shape index (κ3) is 4.45. The summed E-state index contributed by atoms with van der Waals surface area (Å²) < 4.78 is 23.2. The summed E-state index contributed by atoms with van der Waals surface area (Å²) in [5.41, 5.74) is 0.610. The minimum absolute atomic E-state index is 0.0258. The van der Waals surface area contributed by atoms with Crippen LogP contribution in [-0.4, -0.2) is 37.5 Å². The lowest BCUT2D eigenvalue weighted by molar-refractivity contribution is -0.135. The van der Waals surface area contributed by atoms with E-state index in [1.807, 2.05) is 0 Å². The number of benzene rings is 1. The summed E-state index contributed by atoms with van der Waals surface area (Å²) in [7, 11) is 2.52. The van der Waals surface area contributed by atoms with E-state index in [1.165, 1.54) is 32.6 Å². The van der Waals surface area contributed by atoms with E-state index >= 15 is 0 Å². The fourth-order valence-corrected chi connectivity index (χ4v) is 2.53. The number of amidine groups is 1. The molecule has 0 spiro atoms. The van der Waals surface area contributed by atoms with Gasteiger partial charge in [-0.15, -0.1) is 11.5 Å². The molecule has 0 saturated carbocycles. The first kappa shape index (κ1) is 18.2. The second-order valence-corrected chi connectivity index (χ2v) is 5.50. The number of hydrogen-bond acceptors (Lipinski definition) is 7. The van der Waals surface area contributed by atoms with Crippen LogP contribution >= 0.6 is 11.8 Å². The van der Waals surface area contributed by atoms with Gasteiger partial charge in [-0.1, -0.05) is 5.92 Å². The molecule has 1 aromatic rings. The first-order valence-corrected chi connectivity index (χ1v) is 7.54. The number of ether oxygens (including phenoxy) is 2. The quantitative estimate of drug-likeness (QED) is 0.288. The normalized spacial score (nSPS) is 17.0. The van der Waals surface area contributed by atoms with Gasteiger partial charge in [-0.3, -0.25) is 10.1 Å². The van der Waals surface area contributed by atoms with Gasteiger partial charge in [-0.2, -0.15) is 5.10 Å². The van der Waals surface area contributed by atoms with Gasteiger partial charge in [0, 0.05) is 6.08 Å². The molecule has 9 heteroatoms. The predicted octanol–water partition coefficient (Wildman–Crippen LogP) is 1.43. The number of thioether (sulfide) groups is 1. The largest absolute Gasteiger partial charge is 0.492 e. The summed E-state index contributed by atoms with van der Waals surface area (Å²) in [6, 6.07) is 2.70. The molecule has 0 bridgehead atoms. The van der Waals surface area contributed by atoms with Crippen molar-refractivity contribution in [3.8, 4) is 18.1 Å². The first-order chi connectivity index (χ1) is 12.0. The van der Waals surface area contributed by atoms with Crippen molar-refractivity contribution in [2.24, 2.45) is 10.2 Å². The van der Waals surface area contributed by atoms with Crippen molar-refractivity contribution in [3.63, 3.8) is 0 Å². The summed E-state index contributed by atoms with van der Waals surface area (Å²) >= 11 is 0.924. The van der Waals surface area contributed by atoms with Gasteiger partial charge in [0.2, 0.25) is 0 Å². The van der Waals surface area contributed by atoms with Gasteiger partial charge in [0.15, 0.2) is 16.7 Å². The summed E-state index contributed by atoms with van der Waals surface area (Å²) in [6.45, 7) is 0. The number of terminal acetylenes is 1. The maximum absolute atomic E-state index is 13.9. The number of nitrogens with one attached hydrogen (secondary N) is 1. The molecule has 1 saturated heterocycles. The Labute approximate surface area is 147 Å². The topological polar surface area (TPSA) is 89.4 Å². The Bertz CT molecular complexity index is 856. The van der Waals surface area contributed by atoms with E-state index in [-0.39, 0.29) is 21.4 Å². The molecular formula is C16H12FN3O4S. The number of halogens is 1. The van der Waals surface area contributed by atoms with Crippen LogP contribution in [-0.2, 0) is 14.3 Å². The number of amides is 1. The van der Waals surface area contributed by atoms with Crippen molar-refractivity contribution >= 4 is 35.0 Å². The van der Waals surface area contributed by atoms with Crippen LogP contribution in [0.4, 0.5) is 4.39 Å². The molecule has 1 aromatic carbocycles. The maximum Gasteiger partial charge on any atom is 0.331 e. The molecule has 2 rings (SSSR count). The Hall–Kier alpha value is -3.12. The van der Waals surface area contributed by atoms with Crippen LogP contribution < -0.4 is 10.1 Å². The Balaban J connectivity index is 2.16. The molecule has 25 heavy (non-hydrogen) atoms. The van der Waals surface area contributed by atoms with E-state index in [0.29, 0.717) is 5.56 Å². The molecule has 1 fully saturated rings. The zero-order chi connectivity index (χ0) is 18.4. The predicted molar refractivity (Wildman–Crippen MR) is 91.7 cm³/mol. The van der Waals surface area contributed by atoms with Crippen molar-refractivity contribution in [1.82, 2.24) is 5.32 Å². The average Bonchev–Trinajstić information content (AvgIpc) is 2.93. The molecule has 0 radical (unpaired) electrons. The van der Waals surface area contributed by atoms with Crippen LogP contribution in [0.25, 0.3) is 0 Å². The molecule has 7 nitrogen and oxygen atoms in total. The third-order valence-electron chi connectivity index (χ3n) is 2.88. The van der Waals surface area contributed by atoms with E-state index in [2.05, 4.69) is 26.2 Å². The zero-order valence-corrected chi connectivity index (χ0v) is 14.0. The molecule has 1 heterocycles. The summed E-state index contributed by atoms with van der Waals surface area (Å²) in [6.07, 6.45) is 7.63. The lowest BCUT2D eigenvalue weighted by atomic mass is 10.1. The van der Waals surface area contributed by atoms with Crippen molar-refractivity contribution in [2.75, 3.05) is 14.2 Å². The molecule has 1 aliphatic rings. The van der Waals surface area contributed by atoms with E-state index in [1.54, 1.807) is 0 Å². The van der Waals surface area contributed by atoms with Crippen LogP contribution in [0.1, 0.15) is 11.1 Å². The fourth-order valence-electron chi connectivity index (χ4n) is 1.79. The Morgan fingerprint density at radius 2 is 2.20 bits per heavy atom. The number of methoxy groups -OCH3 is 2. The van der Waals surface area contributed by atoms with Crippen LogP contribution in [0.15, 0.2) is 33.3 Å². The van der Waals surface area contributed by atoms with Crippen LogP contribution in [0.5, 0.6) is 5.75 Å². The standard InChI is InChI=1S/C16H12FN3O4S/c1-4-10-5-9(6-11(17)14(10)24-3)8-18-20-16-19-15(22)12(25-16)7-13(21)23-2/h1,5-8H,2-3H3,(H,19,20,22)/b12-7+,18-8?. The Kier molecular flexibility index (Phi) is 5.92. The molecule has 0 aromatic heterocycles. The monoisotopic (exact) mass is 361 g/mol. The van der Waals surface area contributed by atoms with Crippen molar-refractivity contribution in [1.29, 1.82) is 0 Å². The molecule has 0 unspecified atom stereocenters. The average molecular weight is 361 g/mol. The fraction of sp³-hybridized carbons (Fsp3) is 0.125.